The fourth-order valence-electron chi connectivity index (χ4n) is 4.45. The zero-order valence-corrected chi connectivity index (χ0v) is 15.3. The minimum absolute atomic E-state index is 0.0358. The number of amides is 2. The number of nitrogens with one attached hydrogen (secondary N) is 1. The molecule has 0 aliphatic carbocycles. The van der Waals surface area contributed by atoms with Crippen molar-refractivity contribution in [3.8, 4) is 0 Å². The van der Waals surface area contributed by atoms with Crippen LogP contribution >= 0.6 is 0 Å². The molecule has 1 aromatic rings. The third-order valence-corrected chi connectivity index (χ3v) is 6.00. The minimum atomic E-state index is -0.0358. The first-order valence-electron chi connectivity index (χ1n) is 9.84. The molecule has 3 fully saturated rings. The Bertz CT molecular complexity index is 636. The lowest BCUT2D eigenvalue weighted by Crippen LogP contribution is -2.55. The van der Waals surface area contributed by atoms with E-state index in [9.17, 15) is 9.59 Å². The molecule has 0 aromatic heterocycles. The van der Waals surface area contributed by atoms with Crippen LogP contribution in [0.3, 0.4) is 0 Å². The molecule has 2 amide bonds. The second kappa shape index (κ2) is 7.76. The highest BCUT2D eigenvalue weighted by Crippen LogP contribution is 2.25. The number of carbonyl (C=O) groups is 2. The largest absolute Gasteiger partial charge is 0.340 e. The van der Waals surface area contributed by atoms with Crippen molar-refractivity contribution in [1.29, 1.82) is 0 Å². The predicted octanol–water partition coefficient (Wildman–Crippen LogP) is 0.936. The van der Waals surface area contributed by atoms with Gasteiger partial charge in [0.05, 0.1) is 6.04 Å². The molecule has 3 heterocycles. The van der Waals surface area contributed by atoms with Crippen LogP contribution in [0.25, 0.3) is 0 Å². The molecule has 26 heavy (non-hydrogen) atoms. The summed E-state index contributed by atoms with van der Waals surface area (Å²) < 4.78 is 0. The van der Waals surface area contributed by atoms with Gasteiger partial charge in [-0.2, -0.15) is 0 Å². The molecule has 0 spiro atoms. The van der Waals surface area contributed by atoms with Gasteiger partial charge in [0.1, 0.15) is 0 Å². The lowest BCUT2D eigenvalue weighted by molar-refractivity contribution is -0.138. The van der Waals surface area contributed by atoms with E-state index >= 15 is 0 Å². The maximum atomic E-state index is 12.9. The number of piperazine rings is 1. The average Bonchev–Trinajstić information content (AvgIpc) is 3.10. The van der Waals surface area contributed by atoms with Crippen LogP contribution in [-0.4, -0.2) is 73.5 Å². The molecule has 3 saturated heterocycles. The fourth-order valence-corrected chi connectivity index (χ4v) is 4.45. The number of carbonyl (C=O) groups excluding carboxylic acids is 2. The number of piperidine rings is 1. The molecular formula is C20H28N4O2. The van der Waals surface area contributed by atoms with Gasteiger partial charge in [-0.1, -0.05) is 18.2 Å². The van der Waals surface area contributed by atoms with Gasteiger partial charge in [0.2, 0.25) is 11.8 Å². The second-order valence-corrected chi connectivity index (χ2v) is 7.52. The van der Waals surface area contributed by atoms with E-state index in [0.29, 0.717) is 5.91 Å². The Balaban J connectivity index is 1.32. The lowest BCUT2D eigenvalue weighted by Gasteiger charge is -2.39. The molecule has 3 aliphatic heterocycles. The Hall–Kier alpha value is -1.92. The first-order valence-corrected chi connectivity index (χ1v) is 9.84. The molecule has 4 rings (SSSR count). The summed E-state index contributed by atoms with van der Waals surface area (Å²) in [7, 11) is 0. The van der Waals surface area contributed by atoms with Gasteiger partial charge in [0.25, 0.3) is 0 Å². The van der Waals surface area contributed by atoms with Crippen molar-refractivity contribution >= 4 is 17.5 Å². The Labute approximate surface area is 155 Å². The molecular weight excluding hydrogens is 328 g/mol. The van der Waals surface area contributed by atoms with Crippen molar-refractivity contribution in [1.82, 2.24) is 15.1 Å². The van der Waals surface area contributed by atoms with E-state index in [1.54, 1.807) is 0 Å². The topological polar surface area (TPSA) is 55.9 Å². The van der Waals surface area contributed by atoms with Gasteiger partial charge in [0, 0.05) is 44.3 Å². The maximum absolute atomic E-state index is 12.9. The molecule has 6 heteroatoms. The molecule has 140 valence electrons. The summed E-state index contributed by atoms with van der Waals surface area (Å²) in [5, 5.41) is 3.32. The molecule has 1 N–H and O–H groups in total. The number of anilines is 1. The molecule has 3 aliphatic rings. The van der Waals surface area contributed by atoms with Gasteiger partial charge in [-0.05, 0) is 44.5 Å². The molecule has 0 radical (unpaired) electrons. The van der Waals surface area contributed by atoms with E-state index in [1.807, 2.05) is 40.1 Å². The first-order chi connectivity index (χ1) is 12.7. The van der Waals surface area contributed by atoms with Crippen LogP contribution in [0.4, 0.5) is 5.69 Å². The van der Waals surface area contributed by atoms with Crippen LogP contribution in [0.5, 0.6) is 0 Å². The summed E-state index contributed by atoms with van der Waals surface area (Å²) in [6, 6.07) is 9.88. The normalized spacial score (nSPS) is 25.7. The van der Waals surface area contributed by atoms with Crippen LogP contribution in [0.15, 0.2) is 30.3 Å². The molecule has 0 saturated carbocycles. The number of rotatable bonds is 3. The number of para-hydroxylation sites is 1. The van der Waals surface area contributed by atoms with Crippen molar-refractivity contribution in [3.05, 3.63) is 30.3 Å². The minimum Gasteiger partial charge on any atom is -0.340 e. The van der Waals surface area contributed by atoms with Crippen LogP contribution < -0.4 is 10.2 Å². The van der Waals surface area contributed by atoms with Gasteiger partial charge < -0.3 is 15.1 Å². The lowest BCUT2D eigenvalue weighted by atomic mass is 9.96. The quantitative estimate of drug-likeness (QED) is 0.876. The number of hydrogen-bond acceptors (Lipinski definition) is 4. The molecule has 1 unspecified atom stereocenters. The molecule has 1 aromatic carbocycles. The van der Waals surface area contributed by atoms with Crippen LogP contribution in [-0.2, 0) is 9.59 Å². The summed E-state index contributed by atoms with van der Waals surface area (Å²) in [6.07, 6.45) is 2.77. The van der Waals surface area contributed by atoms with Crippen molar-refractivity contribution in [2.75, 3.05) is 50.7 Å². The van der Waals surface area contributed by atoms with Gasteiger partial charge >= 0.3 is 0 Å². The summed E-state index contributed by atoms with van der Waals surface area (Å²) in [5.41, 5.74) is 0.986. The van der Waals surface area contributed by atoms with Crippen LogP contribution in [0, 0.1) is 5.92 Å². The highest BCUT2D eigenvalue weighted by molar-refractivity contribution is 5.99. The van der Waals surface area contributed by atoms with E-state index in [-0.39, 0.29) is 17.9 Å². The monoisotopic (exact) mass is 356 g/mol. The van der Waals surface area contributed by atoms with E-state index in [1.165, 1.54) is 0 Å². The van der Waals surface area contributed by atoms with E-state index in [2.05, 4.69) is 10.2 Å². The highest BCUT2D eigenvalue weighted by Gasteiger charge is 2.38. The smallest absolute Gasteiger partial charge is 0.244 e. The van der Waals surface area contributed by atoms with Crippen molar-refractivity contribution in [2.45, 2.75) is 25.3 Å². The average molecular weight is 356 g/mol. The van der Waals surface area contributed by atoms with Crippen LogP contribution in [0.1, 0.15) is 19.3 Å². The highest BCUT2D eigenvalue weighted by atomic mass is 16.2. The van der Waals surface area contributed by atoms with Gasteiger partial charge in [-0.25, -0.2) is 0 Å². The van der Waals surface area contributed by atoms with Gasteiger partial charge in [0.15, 0.2) is 0 Å². The number of hydrogen-bond donors (Lipinski definition) is 1. The molecule has 6 nitrogen and oxygen atoms in total. The third kappa shape index (κ3) is 3.48. The van der Waals surface area contributed by atoms with E-state index in [4.69, 9.17) is 0 Å². The van der Waals surface area contributed by atoms with Gasteiger partial charge in [-0.3, -0.25) is 14.5 Å². The van der Waals surface area contributed by atoms with E-state index < -0.39 is 0 Å². The molecule has 1 atom stereocenters. The number of benzene rings is 1. The Morgan fingerprint density at radius 3 is 2.31 bits per heavy atom. The zero-order valence-electron chi connectivity index (χ0n) is 15.3. The Morgan fingerprint density at radius 2 is 1.62 bits per heavy atom. The van der Waals surface area contributed by atoms with Crippen LogP contribution in [0.2, 0.25) is 0 Å². The maximum Gasteiger partial charge on any atom is 0.244 e. The molecule has 0 bridgehead atoms. The number of nitrogens with zero attached hydrogens (tertiary/aromatic N) is 3. The fraction of sp³-hybridized carbons (Fsp3) is 0.600. The third-order valence-electron chi connectivity index (χ3n) is 6.00. The van der Waals surface area contributed by atoms with Gasteiger partial charge in [-0.15, -0.1) is 0 Å². The van der Waals surface area contributed by atoms with Crippen molar-refractivity contribution < 1.29 is 9.59 Å². The summed E-state index contributed by atoms with van der Waals surface area (Å²) in [6.45, 7) is 5.77. The summed E-state index contributed by atoms with van der Waals surface area (Å²) in [5.74, 6) is 0.702. The zero-order chi connectivity index (χ0) is 17.9. The Kier molecular flexibility index (Phi) is 5.22. The SMILES string of the molecule is O=C(C1CCNCC1)N1CCN(C2CCN(c3ccccc3)C2=O)CC1. The summed E-state index contributed by atoms with van der Waals surface area (Å²) >= 11 is 0. The first kappa shape index (κ1) is 17.5. The van der Waals surface area contributed by atoms with Crippen molar-refractivity contribution in [2.24, 2.45) is 5.92 Å². The van der Waals surface area contributed by atoms with E-state index in [0.717, 1.165) is 70.8 Å². The Morgan fingerprint density at radius 1 is 0.923 bits per heavy atom. The van der Waals surface area contributed by atoms with Crippen molar-refractivity contribution in [3.63, 3.8) is 0 Å². The standard InChI is InChI=1S/C20H28N4O2/c25-19(16-6-9-21-10-7-16)23-14-12-22(13-15-23)18-8-11-24(20(18)26)17-4-2-1-3-5-17/h1-5,16,18,21H,6-15H2. The predicted molar refractivity (Wildman–Crippen MR) is 101 cm³/mol. The summed E-state index contributed by atoms with van der Waals surface area (Å²) in [4.78, 5) is 31.7. The second-order valence-electron chi connectivity index (χ2n) is 7.52.